The molecule has 3 N–H and O–H groups in total. The lowest BCUT2D eigenvalue weighted by atomic mass is 10.1. The van der Waals surface area contributed by atoms with E-state index in [1.807, 2.05) is 0 Å². The van der Waals surface area contributed by atoms with Gasteiger partial charge in [0.05, 0.1) is 4.90 Å². The first-order valence-corrected chi connectivity index (χ1v) is 8.35. The van der Waals surface area contributed by atoms with Gasteiger partial charge >= 0.3 is 5.97 Å². The minimum Gasteiger partial charge on any atom is -0.480 e. The van der Waals surface area contributed by atoms with E-state index in [9.17, 15) is 18.0 Å². The number of hydrogen-bond acceptors (Lipinski definition) is 4. The van der Waals surface area contributed by atoms with E-state index in [1.165, 1.54) is 25.1 Å². The minimum atomic E-state index is -3.66. The molecule has 1 aromatic carbocycles. The fourth-order valence-electron chi connectivity index (χ4n) is 1.84. The van der Waals surface area contributed by atoms with Gasteiger partial charge in [-0.25, -0.2) is 13.1 Å². The van der Waals surface area contributed by atoms with Crippen molar-refractivity contribution in [3.8, 4) is 0 Å². The lowest BCUT2D eigenvalue weighted by molar-refractivity contribution is -0.138. The third-order valence-electron chi connectivity index (χ3n) is 3.38. The van der Waals surface area contributed by atoms with Crippen LogP contribution in [0.2, 0.25) is 0 Å². The molecule has 0 saturated heterocycles. The van der Waals surface area contributed by atoms with E-state index in [-0.39, 0.29) is 16.5 Å². The highest BCUT2D eigenvalue weighted by Gasteiger charge is 2.28. The van der Waals surface area contributed by atoms with E-state index in [2.05, 4.69) is 10.0 Å². The Hall–Kier alpha value is -1.93. The average molecular weight is 326 g/mol. The molecule has 0 aromatic heterocycles. The standard InChI is InChI=1S/C14H18N2O5S/c1-8-3-6-11(22(20,21)16-10-4-5-10)7-12(8)13(17)15-9(2)14(18)19/h3,6-7,9-10,16H,4-5H2,1-2H3,(H,15,17)(H,18,19)/t9-/m0/s1. The maximum Gasteiger partial charge on any atom is 0.325 e. The summed E-state index contributed by atoms with van der Waals surface area (Å²) in [6.45, 7) is 3.00. The largest absolute Gasteiger partial charge is 0.480 e. The van der Waals surface area contributed by atoms with Crippen molar-refractivity contribution < 1.29 is 23.1 Å². The zero-order chi connectivity index (χ0) is 16.5. The number of carboxylic acid groups (broad SMARTS) is 1. The van der Waals surface area contributed by atoms with Crippen LogP contribution in [0.5, 0.6) is 0 Å². The molecule has 1 amide bonds. The fraction of sp³-hybridized carbons (Fsp3) is 0.429. The summed E-state index contributed by atoms with van der Waals surface area (Å²) < 4.78 is 26.9. The van der Waals surface area contributed by atoms with E-state index in [0.29, 0.717) is 5.56 Å². The van der Waals surface area contributed by atoms with Crippen LogP contribution in [0, 0.1) is 6.92 Å². The molecule has 1 saturated carbocycles. The topological polar surface area (TPSA) is 113 Å². The van der Waals surface area contributed by atoms with E-state index in [0.717, 1.165) is 12.8 Å². The zero-order valence-corrected chi connectivity index (χ0v) is 13.1. The number of hydrogen-bond donors (Lipinski definition) is 3. The summed E-state index contributed by atoms with van der Waals surface area (Å²) in [6.07, 6.45) is 1.63. The Labute approximate surface area is 128 Å². The number of nitrogens with one attached hydrogen (secondary N) is 2. The number of carbonyl (C=O) groups excluding carboxylic acids is 1. The van der Waals surface area contributed by atoms with Crippen molar-refractivity contribution in [2.75, 3.05) is 0 Å². The van der Waals surface area contributed by atoms with Crippen LogP contribution in [0.3, 0.4) is 0 Å². The average Bonchev–Trinajstić information content (AvgIpc) is 3.21. The summed E-state index contributed by atoms with van der Waals surface area (Å²) in [5, 5.41) is 11.1. The van der Waals surface area contributed by atoms with Crippen LogP contribution in [0.1, 0.15) is 35.7 Å². The molecule has 0 bridgehead atoms. The molecule has 1 aliphatic carbocycles. The number of aliphatic carboxylic acids is 1. The molecule has 7 nitrogen and oxygen atoms in total. The summed E-state index contributed by atoms with van der Waals surface area (Å²) >= 11 is 0. The molecule has 1 aliphatic rings. The van der Waals surface area contributed by atoms with Gasteiger partial charge in [-0.1, -0.05) is 6.07 Å². The molecule has 0 spiro atoms. The van der Waals surface area contributed by atoms with Crippen molar-refractivity contribution in [2.45, 2.75) is 43.7 Å². The van der Waals surface area contributed by atoms with Crippen LogP contribution in [0.15, 0.2) is 23.1 Å². The first-order chi connectivity index (χ1) is 10.2. The molecular weight excluding hydrogens is 308 g/mol. The third-order valence-corrected chi connectivity index (χ3v) is 4.90. The Morgan fingerprint density at radius 2 is 1.95 bits per heavy atom. The molecule has 1 fully saturated rings. The number of sulfonamides is 1. The maximum absolute atomic E-state index is 12.2. The highest BCUT2D eigenvalue weighted by atomic mass is 32.2. The normalized spacial score (nSPS) is 16.1. The van der Waals surface area contributed by atoms with Gasteiger partial charge in [-0.2, -0.15) is 0 Å². The molecule has 0 aliphatic heterocycles. The molecular formula is C14H18N2O5S. The van der Waals surface area contributed by atoms with Crippen molar-refractivity contribution in [3.63, 3.8) is 0 Å². The number of carbonyl (C=O) groups is 2. The van der Waals surface area contributed by atoms with Crippen molar-refractivity contribution in [3.05, 3.63) is 29.3 Å². The summed E-state index contributed by atoms with van der Waals surface area (Å²) in [4.78, 5) is 22.9. The van der Waals surface area contributed by atoms with Gasteiger partial charge < -0.3 is 10.4 Å². The smallest absolute Gasteiger partial charge is 0.325 e. The second-order valence-corrected chi connectivity index (χ2v) is 7.12. The molecule has 1 aromatic rings. The zero-order valence-electron chi connectivity index (χ0n) is 12.3. The Balaban J connectivity index is 2.26. The van der Waals surface area contributed by atoms with Crippen molar-refractivity contribution in [2.24, 2.45) is 0 Å². The summed E-state index contributed by atoms with van der Waals surface area (Å²) in [6, 6.07) is 3.14. The van der Waals surface area contributed by atoms with Crippen LogP contribution in [0.25, 0.3) is 0 Å². The second kappa shape index (κ2) is 6.05. The fourth-order valence-corrected chi connectivity index (χ4v) is 3.17. The Morgan fingerprint density at radius 3 is 2.50 bits per heavy atom. The van der Waals surface area contributed by atoms with Gasteiger partial charge in [0.15, 0.2) is 0 Å². The predicted octanol–water partition coefficient (Wildman–Crippen LogP) is 0.639. The predicted molar refractivity (Wildman–Crippen MR) is 79.1 cm³/mol. The Kier molecular flexibility index (Phi) is 4.52. The quantitative estimate of drug-likeness (QED) is 0.710. The van der Waals surface area contributed by atoms with Crippen LogP contribution >= 0.6 is 0 Å². The minimum absolute atomic E-state index is 0.00173. The molecule has 0 radical (unpaired) electrons. The lowest BCUT2D eigenvalue weighted by Crippen LogP contribution is -2.38. The van der Waals surface area contributed by atoms with Gasteiger partial charge in [-0.3, -0.25) is 9.59 Å². The van der Waals surface area contributed by atoms with E-state index in [1.54, 1.807) is 6.92 Å². The summed E-state index contributed by atoms with van der Waals surface area (Å²) in [7, 11) is -3.66. The molecule has 2 rings (SSSR count). The summed E-state index contributed by atoms with van der Waals surface area (Å²) in [5.74, 6) is -1.78. The second-order valence-electron chi connectivity index (χ2n) is 5.41. The highest BCUT2D eigenvalue weighted by Crippen LogP contribution is 2.23. The van der Waals surface area contributed by atoms with E-state index >= 15 is 0 Å². The molecule has 0 unspecified atom stereocenters. The summed E-state index contributed by atoms with van der Waals surface area (Å²) in [5.41, 5.74) is 0.715. The van der Waals surface area contributed by atoms with E-state index < -0.39 is 27.9 Å². The molecule has 0 heterocycles. The van der Waals surface area contributed by atoms with Crippen molar-refractivity contribution in [1.29, 1.82) is 0 Å². The van der Waals surface area contributed by atoms with Crippen LogP contribution < -0.4 is 10.0 Å². The van der Waals surface area contributed by atoms with Gasteiger partial charge in [0.1, 0.15) is 6.04 Å². The van der Waals surface area contributed by atoms with Gasteiger partial charge in [0.25, 0.3) is 5.91 Å². The number of aryl methyl sites for hydroxylation is 1. The van der Waals surface area contributed by atoms with Crippen LogP contribution in [0.4, 0.5) is 0 Å². The molecule has 22 heavy (non-hydrogen) atoms. The lowest BCUT2D eigenvalue weighted by Gasteiger charge is -2.13. The first kappa shape index (κ1) is 16.4. The highest BCUT2D eigenvalue weighted by molar-refractivity contribution is 7.89. The Bertz CT molecular complexity index is 710. The van der Waals surface area contributed by atoms with Crippen LogP contribution in [-0.2, 0) is 14.8 Å². The molecule has 1 atom stereocenters. The number of amides is 1. The number of carboxylic acids is 1. The Morgan fingerprint density at radius 1 is 1.32 bits per heavy atom. The molecule has 120 valence electrons. The van der Waals surface area contributed by atoms with Gasteiger partial charge in [0.2, 0.25) is 10.0 Å². The van der Waals surface area contributed by atoms with Gasteiger partial charge in [-0.05, 0) is 44.4 Å². The number of benzene rings is 1. The first-order valence-electron chi connectivity index (χ1n) is 6.87. The number of rotatable bonds is 6. The van der Waals surface area contributed by atoms with Gasteiger partial charge in [-0.15, -0.1) is 0 Å². The van der Waals surface area contributed by atoms with Crippen LogP contribution in [-0.4, -0.2) is 37.5 Å². The van der Waals surface area contributed by atoms with E-state index in [4.69, 9.17) is 5.11 Å². The third kappa shape index (κ3) is 3.83. The molecule has 8 heteroatoms. The van der Waals surface area contributed by atoms with Crippen molar-refractivity contribution >= 4 is 21.9 Å². The maximum atomic E-state index is 12.2. The monoisotopic (exact) mass is 326 g/mol. The SMILES string of the molecule is Cc1ccc(S(=O)(=O)NC2CC2)cc1C(=O)N[C@@H](C)C(=O)O. The van der Waals surface area contributed by atoms with Gasteiger partial charge in [0, 0.05) is 11.6 Å². The van der Waals surface area contributed by atoms with Crippen molar-refractivity contribution in [1.82, 2.24) is 10.0 Å².